The second kappa shape index (κ2) is 4.61. The fourth-order valence-electron chi connectivity index (χ4n) is 1.63. The molecule has 0 aliphatic carbocycles. The lowest BCUT2D eigenvalue weighted by Gasteiger charge is -2.16. The lowest BCUT2D eigenvalue weighted by molar-refractivity contribution is -0.404. The van der Waals surface area contributed by atoms with Crippen LogP contribution >= 0.6 is 0 Å². The highest BCUT2D eigenvalue weighted by Crippen LogP contribution is 2.11. The van der Waals surface area contributed by atoms with Crippen molar-refractivity contribution in [3.8, 4) is 0 Å². The Morgan fingerprint density at radius 3 is 3.19 bits per heavy atom. The third-order valence-electron chi connectivity index (χ3n) is 2.34. The molecule has 2 rings (SSSR count). The van der Waals surface area contributed by atoms with Crippen LogP contribution in [0.25, 0.3) is 0 Å². The smallest absolute Gasteiger partial charge is 0.274 e. The number of nitrogens with one attached hydrogen (secondary N) is 1. The molecule has 0 unspecified atom stereocenters. The average Bonchev–Trinajstić information content (AvgIpc) is 2.66. The molecular weight excluding hydrogens is 208 g/mol. The normalized spacial score (nSPS) is 17.5. The van der Waals surface area contributed by atoms with Crippen LogP contribution in [-0.2, 0) is 6.54 Å². The molecule has 1 N–H and O–H groups in total. The van der Waals surface area contributed by atoms with E-state index in [1.165, 1.54) is 0 Å². The number of nitrogens with zero attached hydrogens (tertiary/aromatic N) is 3. The molecule has 1 aromatic rings. The Morgan fingerprint density at radius 2 is 2.50 bits per heavy atom. The summed E-state index contributed by atoms with van der Waals surface area (Å²) in [5, 5.41) is 13.4. The van der Waals surface area contributed by atoms with Crippen LogP contribution in [0.4, 0.5) is 0 Å². The predicted molar refractivity (Wildman–Crippen MR) is 57.7 cm³/mol. The minimum Gasteiger partial charge on any atom is -0.365 e. The second-order valence-electron chi connectivity index (χ2n) is 3.47. The van der Waals surface area contributed by atoms with Gasteiger partial charge >= 0.3 is 0 Å². The zero-order chi connectivity index (χ0) is 11.4. The van der Waals surface area contributed by atoms with E-state index in [4.69, 9.17) is 0 Å². The van der Waals surface area contributed by atoms with Gasteiger partial charge in [-0.15, -0.1) is 0 Å². The van der Waals surface area contributed by atoms with E-state index in [0.29, 0.717) is 12.4 Å². The molecule has 6 nitrogen and oxygen atoms in total. The summed E-state index contributed by atoms with van der Waals surface area (Å²) in [6.07, 6.45) is 2.71. The second-order valence-corrected chi connectivity index (χ2v) is 3.47. The third kappa shape index (κ3) is 2.47. The molecule has 1 saturated heterocycles. The molecule has 16 heavy (non-hydrogen) atoms. The molecule has 2 heterocycles. The average molecular weight is 220 g/mol. The van der Waals surface area contributed by atoms with Crippen molar-refractivity contribution in [1.29, 1.82) is 0 Å². The van der Waals surface area contributed by atoms with Crippen LogP contribution in [0.3, 0.4) is 0 Å². The van der Waals surface area contributed by atoms with Gasteiger partial charge in [-0.05, 0) is 12.1 Å². The molecule has 84 valence electrons. The summed E-state index contributed by atoms with van der Waals surface area (Å²) in [5.74, 6) is 0.552. The van der Waals surface area contributed by atoms with Crippen molar-refractivity contribution in [2.75, 3.05) is 13.1 Å². The van der Waals surface area contributed by atoms with Gasteiger partial charge in [-0.2, -0.15) is 0 Å². The summed E-state index contributed by atoms with van der Waals surface area (Å²) in [5.41, 5.74) is 0.903. The van der Waals surface area contributed by atoms with E-state index in [0.717, 1.165) is 25.0 Å². The molecule has 6 heteroatoms. The predicted octanol–water partition coefficient (Wildman–Crippen LogP) is 0.562. The van der Waals surface area contributed by atoms with Gasteiger partial charge in [0.2, 0.25) is 0 Å². The van der Waals surface area contributed by atoms with Gasteiger partial charge in [-0.25, -0.2) is 0 Å². The summed E-state index contributed by atoms with van der Waals surface area (Å²) >= 11 is 0. The van der Waals surface area contributed by atoms with Crippen molar-refractivity contribution in [2.24, 2.45) is 0 Å². The van der Waals surface area contributed by atoms with E-state index < -0.39 is 4.92 Å². The van der Waals surface area contributed by atoms with Crippen LogP contribution in [-0.4, -0.2) is 27.9 Å². The highest BCUT2D eigenvalue weighted by Gasteiger charge is 2.19. The largest absolute Gasteiger partial charge is 0.365 e. The molecule has 1 aromatic heterocycles. The number of nitro groups is 1. The first-order chi connectivity index (χ1) is 7.75. The van der Waals surface area contributed by atoms with Crippen molar-refractivity contribution in [1.82, 2.24) is 15.2 Å². The van der Waals surface area contributed by atoms with Crippen LogP contribution in [0, 0.1) is 10.1 Å². The SMILES string of the molecule is O=[N+]([O-])C=C1NCCN1Cc1ccccn1. The Bertz CT molecular complexity index is 405. The van der Waals surface area contributed by atoms with Crippen molar-refractivity contribution in [3.05, 3.63) is 52.2 Å². The van der Waals surface area contributed by atoms with Gasteiger partial charge in [0.15, 0.2) is 5.82 Å². The Hall–Kier alpha value is -2.11. The standard InChI is InChI=1S/C10H12N4O2/c15-14(16)8-10-12-5-6-13(10)7-9-3-1-2-4-11-9/h1-4,8,12H,5-7H2. The number of hydrogen-bond donors (Lipinski definition) is 1. The van der Waals surface area contributed by atoms with Crippen LogP contribution in [0.15, 0.2) is 36.4 Å². The van der Waals surface area contributed by atoms with Crippen molar-refractivity contribution >= 4 is 0 Å². The highest BCUT2D eigenvalue weighted by atomic mass is 16.6. The minimum absolute atomic E-state index is 0.445. The van der Waals surface area contributed by atoms with E-state index in [1.54, 1.807) is 6.20 Å². The summed E-state index contributed by atoms with van der Waals surface area (Å²) < 4.78 is 0. The fraction of sp³-hybridized carbons (Fsp3) is 0.300. The van der Waals surface area contributed by atoms with Crippen molar-refractivity contribution in [2.45, 2.75) is 6.54 Å². The lowest BCUT2D eigenvalue weighted by atomic mass is 10.3. The Balaban J connectivity index is 2.07. The third-order valence-corrected chi connectivity index (χ3v) is 2.34. The first kappa shape index (κ1) is 10.4. The lowest BCUT2D eigenvalue weighted by Crippen LogP contribution is -2.21. The monoisotopic (exact) mass is 220 g/mol. The molecule has 0 bridgehead atoms. The number of hydrogen-bond acceptors (Lipinski definition) is 5. The zero-order valence-electron chi connectivity index (χ0n) is 8.67. The van der Waals surface area contributed by atoms with Gasteiger partial charge in [0.05, 0.1) is 17.2 Å². The van der Waals surface area contributed by atoms with Crippen molar-refractivity contribution in [3.63, 3.8) is 0 Å². The van der Waals surface area contributed by atoms with Crippen LogP contribution in [0.1, 0.15) is 5.69 Å². The Morgan fingerprint density at radius 1 is 1.62 bits per heavy atom. The van der Waals surface area contributed by atoms with Crippen LogP contribution in [0.2, 0.25) is 0 Å². The summed E-state index contributed by atoms with van der Waals surface area (Å²) in [7, 11) is 0. The first-order valence-electron chi connectivity index (χ1n) is 5.00. The van der Waals surface area contributed by atoms with E-state index in [1.807, 2.05) is 23.1 Å². The maximum Gasteiger partial charge on any atom is 0.274 e. The summed E-state index contributed by atoms with van der Waals surface area (Å²) in [6.45, 7) is 2.08. The van der Waals surface area contributed by atoms with Crippen molar-refractivity contribution < 1.29 is 4.92 Å². The van der Waals surface area contributed by atoms with E-state index in [-0.39, 0.29) is 0 Å². The quantitative estimate of drug-likeness (QED) is 0.595. The molecule has 0 atom stereocenters. The number of aromatic nitrogens is 1. The first-order valence-corrected chi connectivity index (χ1v) is 5.00. The van der Waals surface area contributed by atoms with Gasteiger partial charge < -0.3 is 10.2 Å². The molecule has 0 spiro atoms. The molecular formula is C10H12N4O2. The summed E-state index contributed by atoms with van der Waals surface area (Å²) in [4.78, 5) is 16.1. The Kier molecular flexibility index (Phi) is 3.00. The molecule has 1 aliphatic rings. The molecule has 0 saturated carbocycles. The van der Waals surface area contributed by atoms with Gasteiger partial charge in [-0.3, -0.25) is 15.1 Å². The van der Waals surface area contributed by atoms with E-state index in [2.05, 4.69) is 10.3 Å². The molecule has 1 aliphatic heterocycles. The van der Waals surface area contributed by atoms with E-state index in [9.17, 15) is 10.1 Å². The molecule has 0 amide bonds. The summed E-state index contributed by atoms with van der Waals surface area (Å²) in [6, 6.07) is 5.66. The highest BCUT2D eigenvalue weighted by molar-refractivity contribution is 5.08. The molecule has 0 aromatic carbocycles. The Labute approximate surface area is 92.7 Å². The van der Waals surface area contributed by atoms with E-state index >= 15 is 0 Å². The number of rotatable bonds is 3. The van der Waals surface area contributed by atoms with Gasteiger partial charge in [-0.1, -0.05) is 6.07 Å². The maximum atomic E-state index is 10.4. The van der Waals surface area contributed by atoms with Gasteiger partial charge in [0, 0.05) is 19.3 Å². The van der Waals surface area contributed by atoms with Gasteiger partial charge in [0.1, 0.15) is 0 Å². The minimum atomic E-state index is -0.445. The zero-order valence-corrected chi connectivity index (χ0v) is 8.67. The fourth-order valence-corrected chi connectivity index (χ4v) is 1.63. The number of pyridine rings is 1. The molecule has 1 fully saturated rings. The van der Waals surface area contributed by atoms with Crippen LogP contribution < -0.4 is 5.32 Å². The van der Waals surface area contributed by atoms with Crippen LogP contribution in [0.5, 0.6) is 0 Å². The van der Waals surface area contributed by atoms with Gasteiger partial charge in [0.25, 0.3) is 6.20 Å². The molecule has 0 radical (unpaired) electrons. The maximum absolute atomic E-state index is 10.4. The topological polar surface area (TPSA) is 71.3 Å².